The molecule has 0 spiro atoms. The number of piperazine rings is 1. The second kappa shape index (κ2) is 11.2. The number of carbonyl (C=O) groups is 2. The van der Waals surface area contributed by atoms with E-state index in [9.17, 15) is 9.59 Å². The second-order valence-electron chi connectivity index (χ2n) is 7.26. The third-order valence-corrected chi connectivity index (χ3v) is 7.15. The molecular formula is C23H25N5O3S2. The van der Waals surface area contributed by atoms with Gasteiger partial charge in [-0.2, -0.15) is 0 Å². The third-order valence-electron chi connectivity index (χ3n) is 5.03. The number of thioether (sulfide) groups is 1. The Morgan fingerprint density at radius 2 is 1.76 bits per heavy atom. The maximum absolute atomic E-state index is 13.0. The maximum Gasteiger partial charge on any atom is 0.257 e. The molecule has 0 radical (unpaired) electrons. The summed E-state index contributed by atoms with van der Waals surface area (Å²) in [6.45, 7) is 4.97. The van der Waals surface area contributed by atoms with E-state index in [1.54, 1.807) is 0 Å². The van der Waals surface area contributed by atoms with E-state index >= 15 is 0 Å². The predicted molar refractivity (Wildman–Crippen MR) is 131 cm³/mol. The van der Waals surface area contributed by atoms with Gasteiger partial charge in [-0.1, -0.05) is 53.4 Å². The lowest BCUT2D eigenvalue weighted by Gasteiger charge is -2.34. The van der Waals surface area contributed by atoms with E-state index in [1.807, 2.05) is 66.4 Å². The van der Waals surface area contributed by atoms with Crippen molar-refractivity contribution in [2.45, 2.75) is 11.3 Å². The van der Waals surface area contributed by atoms with Crippen LogP contribution in [0.2, 0.25) is 0 Å². The number of anilines is 2. The smallest absolute Gasteiger partial charge is 0.257 e. The first-order valence-electron chi connectivity index (χ1n) is 10.7. The summed E-state index contributed by atoms with van der Waals surface area (Å²) in [6, 6.07) is 16.7. The standard InChI is InChI=1S/C23H25N5O3S2/c1-2-31-19-11-7-6-10-18(19)21(30)27-12-14-28(15-13-27)22-25-26-23(33-22)32-16-20(29)24-17-8-4-3-5-9-17/h3-11H,2,12-16H2,1H3,(H,24,29). The number of rotatable bonds is 8. The van der Waals surface area contributed by atoms with Crippen molar-refractivity contribution in [3.63, 3.8) is 0 Å². The minimum atomic E-state index is -0.0811. The number of carbonyl (C=O) groups excluding carboxylic acids is 2. The number of para-hydroxylation sites is 2. The predicted octanol–water partition coefficient (Wildman–Crippen LogP) is 3.63. The highest BCUT2D eigenvalue weighted by Crippen LogP contribution is 2.29. The highest BCUT2D eigenvalue weighted by molar-refractivity contribution is 8.01. The van der Waals surface area contributed by atoms with Crippen molar-refractivity contribution < 1.29 is 14.3 Å². The van der Waals surface area contributed by atoms with Crippen molar-refractivity contribution in [3.8, 4) is 5.75 Å². The molecule has 1 aromatic heterocycles. The Hall–Kier alpha value is -3.11. The molecule has 0 saturated carbocycles. The molecule has 1 fully saturated rings. The van der Waals surface area contributed by atoms with Gasteiger partial charge in [0.2, 0.25) is 11.0 Å². The van der Waals surface area contributed by atoms with E-state index in [0.717, 1.165) is 15.2 Å². The summed E-state index contributed by atoms with van der Waals surface area (Å²) in [5, 5.41) is 12.2. The van der Waals surface area contributed by atoms with Crippen molar-refractivity contribution >= 4 is 45.7 Å². The van der Waals surface area contributed by atoms with Crippen LogP contribution in [0.25, 0.3) is 0 Å². The Labute approximate surface area is 201 Å². The molecule has 1 aliphatic rings. The van der Waals surface area contributed by atoms with Crippen molar-refractivity contribution in [1.82, 2.24) is 15.1 Å². The molecule has 10 heteroatoms. The number of amides is 2. The van der Waals surface area contributed by atoms with E-state index in [2.05, 4.69) is 20.4 Å². The van der Waals surface area contributed by atoms with Gasteiger partial charge in [0.15, 0.2) is 4.34 Å². The van der Waals surface area contributed by atoms with Crippen LogP contribution in [-0.4, -0.2) is 65.5 Å². The van der Waals surface area contributed by atoms with Crippen LogP contribution >= 0.6 is 23.1 Å². The molecule has 0 aliphatic carbocycles. The lowest BCUT2D eigenvalue weighted by Crippen LogP contribution is -2.48. The molecule has 0 bridgehead atoms. The van der Waals surface area contributed by atoms with E-state index in [4.69, 9.17) is 4.74 Å². The Balaban J connectivity index is 1.27. The molecule has 3 aromatic rings. The highest BCUT2D eigenvalue weighted by atomic mass is 32.2. The van der Waals surface area contributed by atoms with Crippen LogP contribution < -0.4 is 15.0 Å². The molecule has 0 atom stereocenters. The monoisotopic (exact) mass is 483 g/mol. The summed E-state index contributed by atoms with van der Waals surface area (Å²) in [7, 11) is 0. The number of nitrogens with zero attached hydrogens (tertiary/aromatic N) is 4. The van der Waals surface area contributed by atoms with Crippen molar-refractivity contribution in [2.24, 2.45) is 0 Å². The largest absolute Gasteiger partial charge is 0.493 e. The fourth-order valence-electron chi connectivity index (χ4n) is 3.43. The van der Waals surface area contributed by atoms with Gasteiger partial charge in [-0.15, -0.1) is 10.2 Å². The average molecular weight is 484 g/mol. The van der Waals surface area contributed by atoms with Crippen LogP contribution in [0.5, 0.6) is 5.75 Å². The molecule has 2 aromatic carbocycles. The molecule has 1 N–H and O–H groups in total. The molecular weight excluding hydrogens is 458 g/mol. The molecule has 0 unspecified atom stereocenters. The lowest BCUT2D eigenvalue weighted by molar-refractivity contribution is -0.113. The van der Waals surface area contributed by atoms with Crippen molar-refractivity contribution in [3.05, 3.63) is 60.2 Å². The van der Waals surface area contributed by atoms with Gasteiger partial charge in [-0.05, 0) is 31.2 Å². The Morgan fingerprint density at radius 1 is 1.03 bits per heavy atom. The number of aromatic nitrogens is 2. The van der Waals surface area contributed by atoms with Crippen LogP contribution in [0.4, 0.5) is 10.8 Å². The SMILES string of the molecule is CCOc1ccccc1C(=O)N1CCN(c2nnc(SCC(=O)Nc3ccccc3)s2)CC1. The Morgan fingerprint density at radius 3 is 2.52 bits per heavy atom. The van der Waals surface area contributed by atoms with Gasteiger partial charge >= 0.3 is 0 Å². The minimum absolute atomic E-state index is 0.0170. The Bertz CT molecular complexity index is 1080. The highest BCUT2D eigenvalue weighted by Gasteiger charge is 2.26. The first kappa shape index (κ1) is 23.1. The van der Waals surface area contributed by atoms with Gasteiger partial charge in [0.1, 0.15) is 5.75 Å². The molecule has 8 nitrogen and oxygen atoms in total. The maximum atomic E-state index is 13.0. The number of hydrogen-bond acceptors (Lipinski definition) is 8. The number of benzene rings is 2. The topological polar surface area (TPSA) is 87.7 Å². The summed E-state index contributed by atoms with van der Waals surface area (Å²) in [5.74, 6) is 0.791. The average Bonchev–Trinajstić information content (AvgIpc) is 3.33. The van der Waals surface area contributed by atoms with Gasteiger partial charge in [0.05, 0.1) is 17.9 Å². The third kappa shape index (κ3) is 6.02. The van der Waals surface area contributed by atoms with E-state index in [0.29, 0.717) is 44.1 Å². The quantitative estimate of drug-likeness (QED) is 0.490. The molecule has 2 heterocycles. The zero-order chi connectivity index (χ0) is 23.0. The second-order valence-corrected chi connectivity index (χ2v) is 9.44. The van der Waals surface area contributed by atoms with Crippen LogP contribution in [0.15, 0.2) is 58.9 Å². The molecule has 1 saturated heterocycles. The minimum Gasteiger partial charge on any atom is -0.493 e. The fourth-order valence-corrected chi connectivity index (χ4v) is 5.12. The van der Waals surface area contributed by atoms with Gasteiger partial charge in [0.25, 0.3) is 5.91 Å². The van der Waals surface area contributed by atoms with Crippen molar-refractivity contribution in [1.29, 1.82) is 0 Å². The number of nitrogens with one attached hydrogen (secondary N) is 1. The van der Waals surface area contributed by atoms with Crippen LogP contribution in [0.3, 0.4) is 0 Å². The van der Waals surface area contributed by atoms with Crippen LogP contribution in [-0.2, 0) is 4.79 Å². The van der Waals surface area contributed by atoms with Crippen LogP contribution in [0, 0.1) is 0 Å². The first-order chi connectivity index (χ1) is 16.1. The summed E-state index contributed by atoms with van der Waals surface area (Å²) < 4.78 is 6.36. The summed E-state index contributed by atoms with van der Waals surface area (Å²) in [5.41, 5.74) is 1.37. The van der Waals surface area contributed by atoms with Crippen molar-refractivity contribution in [2.75, 3.05) is 48.8 Å². The normalized spacial score (nSPS) is 13.6. The lowest BCUT2D eigenvalue weighted by atomic mass is 10.1. The van der Waals surface area contributed by atoms with Crippen LogP contribution in [0.1, 0.15) is 17.3 Å². The molecule has 4 rings (SSSR count). The van der Waals surface area contributed by atoms with Gasteiger partial charge in [-0.3, -0.25) is 9.59 Å². The van der Waals surface area contributed by atoms with E-state index in [-0.39, 0.29) is 17.6 Å². The molecule has 1 aliphatic heterocycles. The Kier molecular flexibility index (Phi) is 7.79. The number of hydrogen-bond donors (Lipinski definition) is 1. The van der Waals surface area contributed by atoms with Gasteiger partial charge in [0, 0.05) is 31.9 Å². The zero-order valence-corrected chi connectivity index (χ0v) is 19.9. The summed E-state index contributed by atoms with van der Waals surface area (Å²) in [4.78, 5) is 29.1. The molecule has 33 heavy (non-hydrogen) atoms. The van der Waals surface area contributed by atoms with E-state index < -0.39 is 0 Å². The van der Waals surface area contributed by atoms with E-state index in [1.165, 1.54) is 23.1 Å². The molecule has 172 valence electrons. The summed E-state index contributed by atoms with van der Waals surface area (Å²) in [6.07, 6.45) is 0. The first-order valence-corrected chi connectivity index (χ1v) is 12.5. The molecule has 2 amide bonds. The zero-order valence-electron chi connectivity index (χ0n) is 18.3. The fraction of sp³-hybridized carbons (Fsp3) is 0.304. The summed E-state index contributed by atoms with van der Waals surface area (Å²) >= 11 is 2.84. The van der Waals surface area contributed by atoms with Gasteiger partial charge in [-0.25, -0.2) is 0 Å². The van der Waals surface area contributed by atoms with Gasteiger partial charge < -0.3 is 19.9 Å². The number of ether oxygens (including phenoxy) is 1.